The van der Waals surface area contributed by atoms with Crippen LogP contribution in [0.25, 0.3) is 10.8 Å². The van der Waals surface area contributed by atoms with E-state index in [2.05, 4.69) is 10.1 Å². The van der Waals surface area contributed by atoms with Crippen LogP contribution >= 0.6 is 7.75 Å². The van der Waals surface area contributed by atoms with E-state index < -0.39 is 43.3 Å². The second kappa shape index (κ2) is 12.7. The number of esters is 1. The Bertz CT molecular complexity index is 1670. The Morgan fingerprint density at radius 3 is 2.61 bits per heavy atom. The lowest BCUT2D eigenvalue weighted by Crippen LogP contribution is -2.35. The third-order valence-electron chi connectivity index (χ3n) is 6.57. The lowest BCUT2D eigenvalue weighted by Gasteiger charge is -2.24. The Balaban J connectivity index is 1.30. The number of aromatic amines is 1. The molecule has 4 atom stereocenters. The minimum absolute atomic E-state index is 0.0580. The zero-order chi connectivity index (χ0) is 28.8. The van der Waals surface area contributed by atoms with Crippen LogP contribution in [0.5, 0.6) is 5.75 Å². The largest absolute Gasteiger partial charge is 0.460 e. The van der Waals surface area contributed by atoms with Gasteiger partial charge in [0.1, 0.15) is 24.6 Å². The number of fused-ring (bicyclic) bond motifs is 1. The molecule has 1 aromatic heterocycles. The fourth-order valence-electron chi connectivity index (χ4n) is 4.49. The van der Waals surface area contributed by atoms with Crippen molar-refractivity contribution in [2.75, 3.05) is 6.61 Å². The number of aromatic nitrogens is 2. The van der Waals surface area contributed by atoms with Crippen molar-refractivity contribution in [3.63, 3.8) is 0 Å². The third kappa shape index (κ3) is 7.20. The van der Waals surface area contributed by atoms with Gasteiger partial charge in [-0.05, 0) is 36.8 Å². The van der Waals surface area contributed by atoms with Gasteiger partial charge in [-0.15, -0.1) is 0 Å². The fourth-order valence-corrected chi connectivity index (χ4v) is 6.03. The molecule has 0 spiro atoms. The van der Waals surface area contributed by atoms with Crippen LogP contribution in [0, 0.1) is 0 Å². The molecule has 12 heteroatoms. The van der Waals surface area contributed by atoms with E-state index in [1.807, 2.05) is 60.7 Å². The van der Waals surface area contributed by atoms with Crippen LogP contribution in [-0.4, -0.2) is 34.3 Å². The highest BCUT2D eigenvalue weighted by molar-refractivity contribution is 7.52. The van der Waals surface area contributed by atoms with Gasteiger partial charge in [0, 0.05) is 17.6 Å². The summed E-state index contributed by atoms with van der Waals surface area (Å²) in [5.74, 6) is -0.317. The van der Waals surface area contributed by atoms with Gasteiger partial charge in [0.25, 0.3) is 5.56 Å². The molecule has 0 saturated carbocycles. The summed E-state index contributed by atoms with van der Waals surface area (Å²) in [7, 11) is -4.16. The number of rotatable bonds is 11. The highest BCUT2D eigenvalue weighted by atomic mass is 31.2. The second-order valence-corrected chi connectivity index (χ2v) is 11.3. The second-order valence-electron chi connectivity index (χ2n) is 9.61. The normalized spacial score (nSPS) is 19.0. The monoisotopic (exact) mass is 579 g/mol. The summed E-state index contributed by atoms with van der Waals surface area (Å²) in [6, 6.07) is 22.2. The first-order valence-corrected chi connectivity index (χ1v) is 14.7. The number of nitrogens with zero attached hydrogens (tertiary/aromatic N) is 1. The van der Waals surface area contributed by atoms with Crippen molar-refractivity contribution < 1.29 is 27.9 Å². The van der Waals surface area contributed by atoms with Crippen molar-refractivity contribution >= 4 is 24.5 Å². The molecule has 1 fully saturated rings. The molecule has 5 rings (SSSR count). The average Bonchev–Trinajstić information content (AvgIpc) is 3.44. The molecular formula is C29H30N3O8P. The first-order chi connectivity index (χ1) is 19.8. The SMILES string of the molecule is C[C@H](NP(=O)(OC[C@@H]1CC[C@H](n2ccc(=O)[nH]c2=O)O1)Oc1cccc2ccccc12)C(=O)OCc1ccccc1. The van der Waals surface area contributed by atoms with Crippen LogP contribution < -0.4 is 20.9 Å². The van der Waals surface area contributed by atoms with Gasteiger partial charge >= 0.3 is 19.4 Å². The summed E-state index contributed by atoms with van der Waals surface area (Å²) in [4.78, 5) is 38.5. The number of carbonyl (C=O) groups excluding carboxylic acids is 1. The van der Waals surface area contributed by atoms with Gasteiger partial charge in [-0.1, -0.05) is 66.7 Å². The molecule has 0 aliphatic carbocycles. The molecular weight excluding hydrogens is 549 g/mol. The molecule has 0 amide bonds. The maximum absolute atomic E-state index is 14.1. The number of benzene rings is 3. The Labute approximate surface area is 235 Å². The van der Waals surface area contributed by atoms with Gasteiger partial charge in [0.15, 0.2) is 0 Å². The van der Waals surface area contributed by atoms with E-state index in [0.717, 1.165) is 16.3 Å². The quantitative estimate of drug-likeness (QED) is 0.197. The minimum atomic E-state index is -4.16. The van der Waals surface area contributed by atoms with E-state index in [1.54, 1.807) is 12.1 Å². The molecule has 214 valence electrons. The van der Waals surface area contributed by atoms with Crippen molar-refractivity contribution in [1.82, 2.24) is 14.6 Å². The molecule has 1 saturated heterocycles. The third-order valence-corrected chi connectivity index (χ3v) is 8.20. The van der Waals surface area contributed by atoms with Crippen LogP contribution in [0.1, 0.15) is 31.6 Å². The molecule has 11 nitrogen and oxygen atoms in total. The number of hydrogen-bond acceptors (Lipinski definition) is 8. The number of hydrogen-bond donors (Lipinski definition) is 2. The highest BCUT2D eigenvalue weighted by Gasteiger charge is 2.36. The summed E-state index contributed by atoms with van der Waals surface area (Å²) in [6.45, 7) is 1.43. The Kier molecular flexibility index (Phi) is 8.80. The number of ether oxygens (including phenoxy) is 2. The predicted molar refractivity (Wildman–Crippen MR) is 151 cm³/mol. The number of nitrogens with one attached hydrogen (secondary N) is 2. The number of carbonyl (C=O) groups is 1. The van der Waals surface area contributed by atoms with Crippen molar-refractivity contribution in [2.45, 2.75) is 44.7 Å². The van der Waals surface area contributed by atoms with E-state index in [4.69, 9.17) is 18.5 Å². The summed E-state index contributed by atoms with van der Waals surface area (Å²) >= 11 is 0. The topological polar surface area (TPSA) is 138 Å². The van der Waals surface area contributed by atoms with Gasteiger partial charge in [0.2, 0.25) is 0 Å². The first kappa shape index (κ1) is 28.5. The van der Waals surface area contributed by atoms with Crippen LogP contribution in [0.3, 0.4) is 0 Å². The predicted octanol–water partition coefficient (Wildman–Crippen LogP) is 4.29. The molecule has 2 heterocycles. The Hall–Kier alpha value is -4.02. The molecule has 0 radical (unpaired) electrons. The standard InChI is InChI=1S/C29H30N3O8P/c1-20(28(34)37-18-21-8-3-2-4-9-21)31-41(36,40-25-13-7-11-22-10-5-6-12-24(22)25)38-19-23-14-15-27(39-23)32-17-16-26(33)30-29(32)35/h2-13,16-17,20,23,27H,14-15,18-19H2,1H3,(H,31,36)(H,30,33,35)/t20-,23-,27+,41?/m0/s1. The van der Waals surface area contributed by atoms with Gasteiger partial charge < -0.3 is 14.0 Å². The molecule has 0 bridgehead atoms. The maximum atomic E-state index is 14.1. The molecule has 2 N–H and O–H groups in total. The molecule has 1 unspecified atom stereocenters. The summed E-state index contributed by atoms with van der Waals surface area (Å²) in [5.41, 5.74) is -0.272. The van der Waals surface area contributed by atoms with Gasteiger partial charge in [-0.3, -0.25) is 23.7 Å². The lowest BCUT2D eigenvalue weighted by molar-refractivity contribution is -0.146. The number of H-pyrrole nitrogens is 1. The molecule has 4 aromatic rings. The highest BCUT2D eigenvalue weighted by Crippen LogP contribution is 2.47. The molecule has 3 aromatic carbocycles. The summed E-state index contributed by atoms with van der Waals surface area (Å²) < 4.78 is 38.5. The Morgan fingerprint density at radius 1 is 1.05 bits per heavy atom. The van der Waals surface area contributed by atoms with Crippen molar-refractivity contribution in [3.05, 3.63) is 111 Å². The maximum Gasteiger partial charge on any atom is 0.459 e. The first-order valence-electron chi connectivity index (χ1n) is 13.2. The van der Waals surface area contributed by atoms with Gasteiger partial charge in [-0.25, -0.2) is 9.36 Å². The smallest absolute Gasteiger partial charge is 0.459 e. The van der Waals surface area contributed by atoms with Crippen LogP contribution in [0.15, 0.2) is 94.6 Å². The van der Waals surface area contributed by atoms with Gasteiger partial charge in [0.05, 0.1) is 12.7 Å². The lowest BCUT2D eigenvalue weighted by atomic mass is 10.1. The Morgan fingerprint density at radius 2 is 1.80 bits per heavy atom. The van der Waals surface area contributed by atoms with E-state index in [1.165, 1.54) is 23.8 Å². The molecule has 1 aliphatic rings. The minimum Gasteiger partial charge on any atom is -0.460 e. The van der Waals surface area contributed by atoms with E-state index >= 15 is 0 Å². The summed E-state index contributed by atoms with van der Waals surface area (Å²) in [5, 5.41) is 4.30. The van der Waals surface area contributed by atoms with E-state index in [0.29, 0.717) is 18.6 Å². The van der Waals surface area contributed by atoms with Crippen LogP contribution in [0.4, 0.5) is 0 Å². The van der Waals surface area contributed by atoms with E-state index in [9.17, 15) is 18.9 Å². The molecule has 41 heavy (non-hydrogen) atoms. The zero-order valence-electron chi connectivity index (χ0n) is 22.3. The van der Waals surface area contributed by atoms with Crippen molar-refractivity contribution in [1.29, 1.82) is 0 Å². The summed E-state index contributed by atoms with van der Waals surface area (Å²) in [6.07, 6.45) is 1.20. The fraction of sp³-hybridized carbons (Fsp3) is 0.276. The molecule has 1 aliphatic heterocycles. The van der Waals surface area contributed by atoms with Crippen LogP contribution in [0.2, 0.25) is 0 Å². The van der Waals surface area contributed by atoms with Crippen LogP contribution in [-0.2, 0) is 30.0 Å². The van der Waals surface area contributed by atoms with Gasteiger partial charge in [-0.2, -0.15) is 5.09 Å². The van der Waals surface area contributed by atoms with E-state index in [-0.39, 0.29) is 13.2 Å². The average molecular weight is 580 g/mol. The van der Waals surface area contributed by atoms with Crippen molar-refractivity contribution in [3.8, 4) is 5.75 Å². The zero-order valence-corrected chi connectivity index (χ0v) is 23.2. The van der Waals surface area contributed by atoms with Crippen molar-refractivity contribution in [2.24, 2.45) is 0 Å².